The molecule has 0 aromatic carbocycles. The van der Waals surface area contributed by atoms with Gasteiger partial charge in [-0.1, -0.05) is 11.8 Å². The van der Waals surface area contributed by atoms with Crippen molar-refractivity contribution >= 4 is 11.9 Å². The molecular weight excluding hydrogens is 182 g/mol. The molecule has 0 fully saturated rings. The third-order valence-corrected chi connectivity index (χ3v) is 1.30. The summed E-state index contributed by atoms with van der Waals surface area (Å²) in [5.41, 5.74) is 0. The SMILES string of the molecule is C#CCN(CC#C)C(=O)C(=O)OCC. The number of nitrogens with zero attached hydrogens (tertiary/aromatic N) is 1. The summed E-state index contributed by atoms with van der Waals surface area (Å²) in [6, 6.07) is 0. The lowest BCUT2D eigenvalue weighted by molar-refractivity contribution is -0.159. The molecule has 0 aliphatic carbocycles. The summed E-state index contributed by atoms with van der Waals surface area (Å²) in [6.07, 6.45) is 10.0. The average Bonchev–Trinajstić information content (AvgIpc) is 2.17. The fourth-order valence-corrected chi connectivity index (χ4v) is 0.742. The van der Waals surface area contributed by atoms with E-state index in [0.29, 0.717) is 0 Å². The quantitative estimate of drug-likeness (QED) is 0.349. The highest BCUT2D eigenvalue weighted by atomic mass is 16.5. The Morgan fingerprint density at radius 2 is 1.79 bits per heavy atom. The first-order chi connectivity index (χ1) is 6.67. The number of rotatable bonds is 3. The van der Waals surface area contributed by atoms with Crippen molar-refractivity contribution in [1.29, 1.82) is 0 Å². The molecule has 0 aliphatic heterocycles. The Balaban J connectivity index is 4.37. The zero-order valence-electron chi connectivity index (χ0n) is 7.95. The highest BCUT2D eigenvalue weighted by Crippen LogP contribution is 1.91. The first-order valence-corrected chi connectivity index (χ1v) is 4.00. The monoisotopic (exact) mass is 193 g/mol. The van der Waals surface area contributed by atoms with Gasteiger partial charge >= 0.3 is 11.9 Å². The molecule has 74 valence electrons. The Morgan fingerprint density at radius 1 is 1.29 bits per heavy atom. The molecule has 0 bridgehead atoms. The predicted molar refractivity (Wildman–Crippen MR) is 50.9 cm³/mol. The summed E-state index contributed by atoms with van der Waals surface area (Å²) in [5.74, 6) is 2.73. The van der Waals surface area contributed by atoms with Gasteiger partial charge in [0.25, 0.3) is 0 Å². The predicted octanol–water partition coefficient (Wildman–Crippen LogP) is -0.355. The highest BCUT2D eigenvalue weighted by Gasteiger charge is 2.21. The number of esters is 1. The fraction of sp³-hybridized carbons (Fsp3) is 0.400. The number of ether oxygens (including phenoxy) is 1. The minimum absolute atomic E-state index is 0.00183. The van der Waals surface area contributed by atoms with Crippen LogP contribution in [0.25, 0.3) is 0 Å². The van der Waals surface area contributed by atoms with Gasteiger partial charge in [0.1, 0.15) is 0 Å². The second-order valence-corrected chi connectivity index (χ2v) is 2.29. The van der Waals surface area contributed by atoms with Crippen LogP contribution in [0.5, 0.6) is 0 Å². The molecule has 0 N–H and O–H groups in total. The minimum atomic E-state index is -0.932. The van der Waals surface area contributed by atoms with Crippen LogP contribution in [-0.4, -0.2) is 36.5 Å². The van der Waals surface area contributed by atoms with E-state index in [4.69, 9.17) is 12.8 Å². The van der Waals surface area contributed by atoms with Crippen molar-refractivity contribution in [3.63, 3.8) is 0 Å². The minimum Gasteiger partial charge on any atom is -0.459 e. The average molecular weight is 193 g/mol. The largest absolute Gasteiger partial charge is 0.459 e. The molecule has 0 saturated carbocycles. The smallest absolute Gasteiger partial charge is 0.397 e. The van der Waals surface area contributed by atoms with Gasteiger partial charge in [-0.25, -0.2) is 4.79 Å². The van der Waals surface area contributed by atoms with Crippen molar-refractivity contribution in [2.45, 2.75) is 6.92 Å². The van der Waals surface area contributed by atoms with Crippen LogP contribution in [0.2, 0.25) is 0 Å². The number of carbonyl (C=O) groups excluding carboxylic acids is 2. The van der Waals surface area contributed by atoms with Gasteiger partial charge in [-0.15, -0.1) is 12.8 Å². The van der Waals surface area contributed by atoms with E-state index in [9.17, 15) is 9.59 Å². The number of hydrogen-bond donors (Lipinski definition) is 0. The number of amides is 1. The Bertz CT molecular complexity index is 279. The zero-order chi connectivity index (χ0) is 11.0. The summed E-state index contributed by atoms with van der Waals surface area (Å²) in [5, 5.41) is 0. The third-order valence-electron chi connectivity index (χ3n) is 1.30. The maximum absolute atomic E-state index is 11.3. The molecule has 4 heteroatoms. The van der Waals surface area contributed by atoms with E-state index in [1.807, 2.05) is 0 Å². The first-order valence-electron chi connectivity index (χ1n) is 4.00. The Kier molecular flexibility index (Phi) is 5.65. The summed E-state index contributed by atoms with van der Waals surface area (Å²) in [6.45, 7) is 1.76. The van der Waals surface area contributed by atoms with Gasteiger partial charge < -0.3 is 9.64 Å². The molecule has 0 radical (unpaired) electrons. The lowest BCUT2D eigenvalue weighted by Gasteiger charge is -2.15. The van der Waals surface area contributed by atoms with Crippen LogP contribution in [0.3, 0.4) is 0 Å². The van der Waals surface area contributed by atoms with E-state index < -0.39 is 11.9 Å². The standard InChI is InChI=1S/C10H11NO3/c1-4-7-11(8-5-2)9(12)10(13)14-6-3/h1-2H,6-8H2,3H3. The molecule has 0 aromatic heterocycles. The molecule has 14 heavy (non-hydrogen) atoms. The van der Waals surface area contributed by atoms with E-state index in [1.165, 1.54) is 0 Å². The number of carbonyl (C=O) groups is 2. The molecule has 0 rings (SSSR count). The normalized spacial score (nSPS) is 8.21. The van der Waals surface area contributed by atoms with E-state index >= 15 is 0 Å². The summed E-state index contributed by atoms with van der Waals surface area (Å²) >= 11 is 0. The van der Waals surface area contributed by atoms with Crippen molar-refractivity contribution in [3.05, 3.63) is 0 Å². The lowest BCUT2D eigenvalue weighted by atomic mass is 10.4. The number of terminal acetylenes is 2. The van der Waals surface area contributed by atoms with Crippen LogP contribution >= 0.6 is 0 Å². The maximum atomic E-state index is 11.3. The van der Waals surface area contributed by atoms with Crippen molar-refractivity contribution in [3.8, 4) is 24.7 Å². The summed E-state index contributed by atoms with van der Waals surface area (Å²) < 4.78 is 4.51. The molecule has 0 aliphatic rings. The maximum Gasteiger partial charge on any atom is 0.397 e. The first kappa shape index (κ1) is 12.1. The lowest BCUT2D eigenvalue weighted by Crippen LogP contribution is -2.38. The zero-order valence-corrected chi connectivity index (χ0v) is 7.95. The second-order valence-electron chi connectivity index (χ2n) is 2.29. The molecule has 4 nitrogen and oxygen atoms in total. The van der Waals surface area contributed by atoms with Crippen LogP contribution < -0.4 is 0 Å². The van der Waals surface area contributed by atoms with Crippen molar-refractivity contribution in [2.24, 2.45) is 0 Å². The van der Waals surface area contributed by atoms with Gasteiger partial charge in [0.2, 0.25) is 0 Å². The van der Waals surface area contributed by atoms with Gasteiger partial charge in [-0.05, 0) is 6.92 Å². The molecule has 0 saturated heterocycles. The van der Waals surface area contributed by atoms with Gasteiger partial charge in [0.15, 0.2) is 0 Å². The molecule has 0 aromatic rings. The van der Waals surface area contributed by atoms with E-state index in [-0.39, 0.29) is 19.7 Å². The van der Waals surface area contributed by atoms with Gasteiger partial charge in [-0.3, -0.25) is 4.79 Å². The van der Waals surface area contributed by atoms with Gasteiger partial charge in [0.05, 0.1) is 19.7 Å². The topological polar surface area (TPSA) is 46.6 Å². The van der Waals surface area contributed by atoms with Gasteiger partial charge in [0, 0.05) is 0 Å². The van der Waals surface area contributed by atoms with Crippen LogP contribution in [0, 0.1) is 24.7 Å². The summed E-state index contributed by atoms with van der Waals surface area (Å²) in [4.78, 5) is 23.3. The Hall–Kier alpha value is -1.94. The molecule has 0 unspecified atom stereocenters. The van der Waals surface area contributed by atoms with E-state index in [0.717, 1.165) is 4.90 Å². The molecular formula is C10H11NO3. The van der Waals surface area contributed by atoms with Gasteiger partial charge in [-0.2, -0.15) is 0 Å². The van der Waals surface area contributed by atoms with Crippen LogP contribution in [-0.2, 0) is 14.3 Å². The van der Waals surface area contributed by atoms with E-state index in [2.05, 4.69) is 16.6 Å². The molecule has 0 spiro atoms. The molecule has 1 amide bonds. The fourth-order valence-electron chi connectivity index (χ4n) is 0.742. The Labute approximate surface area is 83.2 Å². The van der Waals surface area contributed by atoms with Crippen LogP contribution in [0.15, 0.2) is 0 Å². The van der Waals surface area contributed by atoms with E-state index in [1.54, 1.807) is 6.92 Å². The van der Waals surface area contributed by atoms with Crippen molar-refractivity contribution in [2.75, 3.05) is 19.7 Å². The third kappa shape index (κ3) is 3.64. The van der Waals surface area contributed by atoms with Crippen LogP contribution in [0.4, 0.5) is 0 Å². The van der Waals surface area contributed by atoms with Crippen LogP contribution in [0.1, 0.15) is 6.92 Å². The molecule has 0 heterocycles. The summed E-state index contributed by atoms with van der Waals surface area (Å²) in [7, 11) is 0. The Morgan fingerprint density at radius 3 is 2.14 bits per heavy atom. The second kappa shape index (κ2) is 6.56. The molecule has 0 atom stereocenters. The van der Waals surface area contributed by atoms with Crippen molar-refractivity contribution < 1.29 is 14.3 Å². The number of hydrogen-bond acceptors (Lipinski definition) is 3. The highest BCUT2D eigenvalue weighted by molar-refractivity contribution is 6.32. The van der Waals surface area contributed by atoms with Crippen molar-refractivity contribution in [1.82, 2.24) is 4.90 Å².